The number of aryl methyl sites for hydroxylation is 1. The van der Waals surface area contributed by atoms with Gasteiger partial charge in [-0.05, 0) is 50.6 Å². The lowest BCUT2D eigenvalue weighted by molar-refractivity contribution is -0.129. The summed E-state index contributed by atoms with van der Waals surface area (Å²) in [6, 6.07) is 8.37. The van der Waals surface area contributed by atoms with Crippen molar-refractivity contribution in [2.45, 2.75) is 32.9 Å². The lowest BCUT2D eigenvalue weighted by Crippen LogP contribution is -2.42. The SMILES string of the molecule is CCOc1ncccc1COc1ccc2oc(C)c(C(=O)NC3CCN(CCO)C3=O)c2c1. The van der Waals surface area contributed by atoms with Crippen molar-refractivity contribution in [3.8, 4) is 11.6 Å². The molecule has 3 aromatic rings. The molecule has 1 unspecified atom stereocenters. The van der Waals surface area contributed by atoms with E-state index in [2.05, 4.69) is 10.3 Å². The molecule has 9 heteroatoms. The van der Waals surface area contributed by atoms with Crippen molar-refractivity contribution in [1.82, 2.24) is 15.2 Å². The van der Waals surface area contributed by atoms with Crippen LogP contribution in [0.5, 0.6) is 11.6 Å². The molecule has 9 nitrogen and oxygen atoms in total. The minimum Gasteiger partial charge on any atom is -0.489 e. The third kappa shape index (κ3) is 4.78. The first-order chi connectivity index (χ1) is 16.0. The highest BCUT2D eigenvalue weighted by molar-refractivity contribution is 6.08. The fourth-order valence-corrected chi connectivity index (χ4v) is 3.98. The van der Waals surface area contributed by atoms with E-state index >= 15 is 0 Å². The van der Waals surface area contributed by atoms with Gasteiger partial charge in [-0.15, -0.1) is 0 Å². The molecule has 2 aromatic heterocycles. The Labute approximate surface area is 191 Å². The number of carbonyl (C=O) groups excluding carboxylic acids is 2. The zero-order valence-corrected chi connectivity index (χ0v) is 18.7. The van der Waals surface area contributed by atoms with Crippen molar-refractivity contribution >= 4 is 22.8 Å². The monoisotopic (exact) mass is 453 g/mol. The molecular formula is C24H27N3O6. The fourth-order valence-electron chi connectivity index (χ4n) is 3.98. The van der Waals surface area contributed by atoms with Crippen LogP contribution in [0.2, 0.25) is 0 Å². The van der Waals surface area contributed by atoms with Crippen LogP contribution >= 0.6 is 0 Å². The van der Waals surface area contributed by atoms with Gasteiger partial charge in [-0.3, -0.25) is 9.59 Å². The molecule has 33 heavy (non-hydrogen) atoms. The Morgan fingerprint density at radius 1 is 1.33 bits per heavy atom. The van der Waals surface area contributed by atoms with E-state index in [1.165, 1.54) is 0 Å². The molecule has 4 rings (SSSR count). The third-order valence-corrected chi connectivity index (χ3v) is 5.56. The van der Waals surface area contributed by atoms with Gasteiger partial charge in [0, 0.05) is 24.7 Å². The lowest BCUT2D eigenvalue weighted by atomic mass is 10.1. The molecule has 174 valence electrons. The normalized spacial score (nSPS) is 15.8. The molecule has 1 fully saturated rings. The standard InChI is InChI=1S/C24H27N3O6/c1-3-31-23-16(5-4-9-25-23)14-32-17-6-7-20-18(13-17)21(15(2)33-20)22(29)26-19-8-10-27(11-12-28)24(19)30/h4-7,9,13,19,28H,3,8,10-12,14H2,1-2H3,(H,26,29). The predicted octanol–water partition coefficient (Wildman–Crippen LogP) is 2.44. The van der Waals surface area contributed by atoms with Crippen LogP contribution in [-0.4, -0.2) is 59.1 Å². The molecule has 1 saturated heterocycles. The average molecular weight is 453 g/mol. The molecule has 0 radical (unpaired) electrons. The molecular weight excluding hydrogens is 426 g/mol. The van der Waals surface area contributed by atoms with Crippen LogP contribution in [0.3, 0.4) is 0 Å². The van der Waals surface area contributed by atoms with Gasteiger partial charge < -0.3 is 29.2 Å². The maximum absolute atomic E-state index is 13.1. The van der Waals surface area contributed by atoms with Crippen LogP contribution in [0, 0.1) is 6.92 Å². The van der Waals surface area contributed by atoms with E-state index in [0.717, 1.165) is 5.56 Å². The number of aliphatic hydroxyl groups is 1. The quantitative estimate of drug-likeness (QED) is 0.511. The Morgan fingerprint density at radius 2 is 2.18 bits per heavy atom. The van der Waals surface area contributed by atoms with E-state index in [-0.39, 0.29) is 31.6 Å². The number of hydrogen-bond acceptors (Lipinski definition) is 7. The zero-order valence-electron chi connectivity index (χ0n) is 18.7. The van der Waals surface area contributed by atoms with E-state index in [1.54, 1.807) is 36.2 Å². The summed E-state index contributed by atoms with van der Waals surface area (Å²) in [6.45, 7) is 5.03. The number of benzene rings is 1. The minimum absolute atomic E-state index is 0.105. The second kappa shape index (κ2) is 9.91. The topological polar surface area (TPSA) is 114 Å². The Morgan fingerprint density at radius 3 is 2.97 bits per heavy atom. The number of hydrogen-bond donors (Lipinski definition) is 2. The number of fused-ring (bicyclic) bond motifs is 1. The molecule has 0 spiro atoms. The fraction of sp³-hybridized carbons (Fsp3) is 0.375. The highest BCUT2D eigenvalue weighted by Crippen LogP contribution is 2.30. The maximum atomic E-state index is 13.1. The van der Waals surface area contributed by atoms with Crippen LogP contribution in [-0.2, 0) is 11.4 Å². The Bertz CT molecular complexity index is 1160. The number of β-amino-alcohol motifs (C(OH)–C–C–N with tert-alkyl or cyclic N) is 1. The number of pyridine rings is 1. The molecule has 0 saturated carbocycles. The first kappa shape index (κ1) is 22.6. The van der Waals surface area contributed by atoms with Crippen LogP contribution in [0.1, 0.15) is 35.0 Å². The number of carbonyl (C=O) groups is 2. The molecule has 3 heterocycles. The van der Waals surface area contributed by atoms with Crippen LogP contribution in [0.4, 0.5) is 0 Å². The van der Waals surface area contributed by atoms with Crippen LogP contribution in [0.25, 0.3) is 11.0 Å². The molecule has 1 aliphatic rings. The summed E-state index contributed by atoms with van der Waals surface area (Å²) >= 11 is 0. The highest BCUT2D eigenvalue weighted by atomic mass is 16.5. The number of likely N-dealkylation sites (tertiary alicyclic amines) is 1. The van der Waals surface area contributed by atoms with Crippen molar-refractivity contribution in [2.24, 2.45) is 0 Å². The van der Waals surface area contributed by atoms with Gasteiger partial charge in [-0.1, -0.05) is 0 Å². The van der Waals surface area contributed by atoms with Crippen LogP contribution < -0.4 is 14.8 Å². The Hall–Kier alpha value is -3.59. The largest absolute Gasteiger partial charge is 0.489 e. The van der Waals surface area contributed by atoms with Crippen molar-refractivity contribution < 1.29 is 28.6 Å². The number of amides is 2. The summed E-state index contributed by atoms with van der Waals surface area (Å²) in [7, 11) is 0. The molecule has 1 atom stereocenters. The van der Waals surface area contributed by atoms with Gasteiger partial charge >= 0.3 is 0 Å². The number of nitrogens with zero attached hydrogens (tertiary/aromatic N) is 2. The van der Waals surface area contributed by atoms with Gasteiger partial charge in [0.2, 0.25) is 11.8 Å². The summed E-state index contributed by atoms with van der Waals surface area (Å²) < 4.78 is 17.3. The highest BCUT2D eigenvalue weighted by Gasteiger charge is 2.33. The van der Waals surface area contributed by atoms with E-state index in [1.807, 2.05) is 19.1 Å². The average Bonchev–Trinajstić information content (AvgIpc) is 3.32. The molecule has 0 aliphatic carbocycles. The maximum Gasteiger partial charge on any atom is 0.256 e. The smallest absolute Gasteiger partial charge is 0.256 e. The second-order valence-electron chi connectivity index (χ2n) is 7.74. The number of aliphatic hydroxyl groups excluding tert-OH is 1. The Kier molecular flexibility index (Phi) is 6.79. The van der Waals surface area contributed by atoms with Crippen molar-refractivity contribution in [3.63, 3.8) is 0 Å². The first-order valence-corrected chi connectivity index (χ1v) is 10.9. The minimum atomic E-state index is -0.615. The van der Waals surface area contributed by atoms with E-state index in [0.29, 0.717) is 53.5 Å². The summed E-state index contributed by atoms with van der Waals surface area (Å²) in [5, 5.41) is 12.5. The molecule has 2 amide bonds. The number of furan rings is 1. The first-order valence-electron chi connectivity index (χ1n) is 10.9. The van der Waals surface area contributed by atoms with E-state index in [4.69, 9.17) is 19.0 Å². The molecule has 1 aliphatic heterocycles. The number of nitrogens with one attached hydrogen (secondary N) is 1. The third-order valence-electron chi connectivity index (χ3n) is 5.56. The predicted molar refractivity (Wildman–Crippen MR) is 120 cm³/mol. The van der Waals surface area contributed by atoms with Gasteiger partial charge in [0.05, 0.1) is 24.3 Å². The second-order valence-corrected chi connectivity index (χ2v) is 7.74. The van der Waals surface area contributed by atoms with Gasteiger partial charge in [0.1, 0.15) is 29.7 Å². The zero-order chi connectivity index (χ0) is 23.4. The summed E-state index contributed by atoms with van der Waals surface area (Å²) in [5.74, 6) is 0.988. The lowest BCUT2D eigenvalue weighted by Gasteiger charge is -2.15. The van der Waals surface area contributed by atoms with Gasteiger partial charge in [-0.2, -0.15) is 0 Å². The Balaban J connectivity index is 1.52. The number of rotatable bonds is 9. The molecule has 2 N–H and O–H groups in total. The van der Waals surface area contributed by atoms with Crippen molar-refractivity contribution in [1.29, 1.82) is 0 Å². The van der Waals surface area contributed by atoms with Crippen molar-refractivity contribution in [3.05, 3.63) is 53.4 Å². The number of ether oxygens (including phenoxy) is 2. The van der Waals surface area contributed by atoms with Gasteiger partial charge in [-0.25, -0.2) is 4.98 Å². The van der Waals surface area contributed by atoms with Gasteiger partial charge in [0.25, 0.3) is 5.91 Å². The van der Waals surface area contributed by atoms with Crippen molar-refractivity contribution in [2.75, 3.05) is 26.3 Å². The van der Waals surface area contributed by atoms with Crippen LogP contribution in [0.15, 0.2) is 40.9 Å². The molecule has 0 bridgehead atoms. The van der Waals surface area contributed by atoms with E-state index in [9.17, 15) is 9.59 Å². The number of aromatic nitrogens is 1. The summed E-state index contributed by atoms with van der Waals surface area (Å²) in [4.78, 5) is 31.3. The molecule has 1 aromatic carbocycles. The van der Waals surface area contributed by atoms with E-state index < -0.39 is 6.04 Å². The summed E-state index contributed by atoms with van der Waals surface area (Å²) in [6.07, 6.45) is 2.17. The van der Waals surface area contributed by atoms with Gasteiger partial charge in [0.15, 0.2) is 0 Å². The summed E-state index contributed by atoms with van der Waals surface area (Å²) in [5.41, 5.74) is 1.74.